The molecule has 3 atom stereocenters. The van der Waals surface area contributed by atoms with Crippen molar-refractivity contribution in [3.8, 4) is 0 Å². The normalized spacial score (nSPS) is 30.2. The van der Waals surface area contributed by atoms with Gasteiger partial charge in [-0.15, -0.1) is 0 Å². The van der Waals surface area contributed by atoms with Gasteiger partial charge in [-0.3, -0.25) is 0 Å². The number of aliphatic hydroxyl groups is 1. The van der Waals surface area contributed by atoms with E-state index >= 15 is 0 Å². The van der Waals surface area contributed by atoms with Crippen molar-refractivity contribution in [3.05, 3.63) is 0 Å². The molecule has 84 valence electrons. The van der Waals surface area contributed by atoms with Crippen LogP contribution in [0.1, 0.15) is 20.3 Å². The molecular weight excluding hydrogens is 182 g/mol. The van der Waals surface area contributed by atoms with Gasteiger partial charge < -0.3 is 19.9 Å². The quantitative estimate of drug-likeness (QED) is 0.668. The summed E-state index contributed by atoms with van der Waals surface area (Å²) in [6, 6.07) is 0. The summed E-state index contributed by atoms with van der Waals surface area (Å²) in [6.45, 7) is 6.70. The lowest BCUT2D eigenvalue weighted by atomic mass is 10.2. The first-order valence-electron chi connectivity index (χ1n) is 5.34. The lowest BCUT2D eigenvalue weighted by Gasteiger charge is -2.28. The minimum atomic E-state index is -0.344. The summed E-state index contributed by atoms with van der Waals surface area (Å²) in [4.78, 5) is 0. The third-order valence-corrected chi connectivity index (χ3v) is 2.31. The molecule has 1 saturated heterocycles. The summed E-state index contributed by atoms with van der Waals surface area (Å²) in [7, 11) is 0. The van der Waals surface area contributed by atoms with Crippen molar-refractivity contribution in [2.24, 2.45) is 0 Å². The molecule has 0 saturated carbocycles. The molecule has 1 aliphatic rings. The lowest BCUT2D eigenvalue weighted by Crippen LogP contribution is -2.45. The molecule has 0 aliphatic carbocycles. The van der Waals surface area contributed by atoms with E-state index < -0.39 is 0 Å². The molecule has 0 aromatic rings. The molecule has 0 aromatic carbocycles. The highest BCUT2D eigenvalue weighted by molar-refractivity contribution is 4.71. The highest BCUT2D eigenvalue weighted by atomic mass is 16.5. The van der Waals surface area contributed by atoms with Crippen molar-refractivity contribution < 1.29 is 14.6 Å². The largest absolute Gasteiger partial charge is 0.391 e. The van der Waals surface area contributed by atoms with Crippen LogP contribution in [-0.4, -0.2) is 49.7 Å². The minimum Gasteiger partial charge on any atom is -0.391 e. The monoisotopic (exact) mass is 203 g/mol. The Morgan fingerprint density at radius 3 is 3.00 bits per heavy atom. The first-order chi connectivity index (χ1) is 6.72. The van der Waals surface area contributed by atoms with Crippen LogP contribution in [0.5, 0.6) is 0 Å². The summed E-state index contributed by atoms with van der Waals surface area (Å²) >= 11 is 0. The maximum absolute atomic E-state index is 9.26. The van der Waals surface area contributed by atoms with E-state index in [0.29, 0.717) is 13.2 Å². The Kier molecular flexibility index (Phi) is 5.40. The number of hydrogen-bond acceptors (Lipinski definition) is 4. The zero-order valence-electron chi connectivity index (χ0n) is 9.03. The fourth-order valence-electron chi connectivity index (χ4n) is 1.42. The Morgan fingerprint density at radius 2 is 2.36 bits per heavy atom. The Morgan fingerprint density at radius 1 is 1.57 bits per heavy atom. The molecule has 0 radical (unpaired) electrons. The van der Waals surface area contributed by atoms with Crippen LogP contribution in [0, 0.1) is 0 Å². The van der Waals surface area contributed by atoms with E-state index in [-0.39, 0.29) is 18.3 Å². The number of nitrogens with one attached hydrogen (secondary N) is 1. The average molecular weight is 203 g/mol. The maximum atomic E-state index is 9.26. The van der Waals surface area contributed by atoms with Gasteiger partial charge in [0.1, 0.15) is 0 Å². The van der Waals surface area contributed by atoms with Crippen molar-refractivity contribution >= 4 is 0 Å². The van der Waals surface area contributed by atoms with Crippen LogP contribution in [-0.2, 0) is 9.47 Å². The molecule has 2 N–H and O–H groups in total. The van der Waals surface area contributed by atoms with Gasteiger partial charge in [-0.05, 0) is 13.3 Å². The second-order valence-corrected chi connectivity index (χ2v) is 3.83. The molecule has 1 rings (SSSR count). The zero-order chi connectivity index (χ0) is 10.4. The molecule has 0 amide bonds. The predicted molar refractivity (Wildman–Crippen MR) is 54.3 cm³/mol. The van der Waals surface area contributed by atoms with Gasteiger partial charge in [0, 0.05) is 13.1 Å². The van der Waals surface area contributed by atoms with Crippen LogP contribution in [0.15, 0.2) is 0 Å². The lowest BCUT2D eigenvalue weighted by molar-refractivity contribution is -0.0792. The molecule has 1 fully saturated rings. The highest BCUT2D eigenvalue weighted by Gasteiger charge is 2.18. The average Bonchev–Trinajstić information content (AvgIpc) is 2.17. The van der Waals surface area contributed by atoms with Crippen LogP contribution in [0.4, 0.5) is 0 Å². The van der Waals surface area contributed by atoms with E-state index in [0.717, 1.165) is 19.5 Å². The fourth-order valence-corrected chi connectivity index (χ4v) is 1.42. The van der Waals surface area contributed by atoms with Gasteiger partial charge in [0.05, 0.1) is 31.5 Å². The van der Waals surface area contributed by atoms with Gasteiger partial charge in [0.25, 0.3) is 0 Å². The topological polar surface area (TPSA) is 50.7 Å². The van der Waals surface area contributed by atoms with Crippen molar-refractivity contribution in [2.45, 2.75) is 38.6 Å². The fraction of sp³-hybridized carbons (Fsp3) is 1.00. The van der Waals surface area contributed by atoms with Gasteiger partial charge in [0.15, 0.2) is 0 Å². The summed E-state index contributed by atoms with van der Waals surface area (Å²) in [5.74, 6) is 0. The van der Waals surface area contributed by atoms with Gasteiger partial charge in [-0.25, -0.2) is 0 Å². The van der Waals surface area contributed by atoms with Gasteiger partial charge in [-0.2, -0.15) is 0 Å². The molecule has 1 heterocycles. The smallest absolute Gasteiger partial charge is 0.0936 e. The Labute approximate surface area is 85.6 Å². The molecular formula is C10H21NO3. The van der Waals surface area contributed by atoms with Crippen LogP contribution in [0.3, 0.4) is 0 Å². The Balaban J connectivity index is 2.05. The molecule has 4 nitrogen and oxygen atoms in total. The molecule has 4 heteroatoms. The van der Waals surface area contributed by atoms with E-state index in [2.05, 4.69) is 5.32 Å². The third-order valence-electron chi connectivity index (χ3n) is 2.31. The van der Waals surface area contributed by atoms with Crippen molar-refractivity contribution in [2.75, 3.05) is 26.3 Å². The van der Waals surface area contributed by atoms with E-state index in [1.165, 1.54) is 0 Å². The SMILES string of the molecule is CCC(O)COCC1CNCC(C)O1. The molecule has 0 spiro atoms. The number of hydrogen-bond donors (Lipinski definition) is 2. The molecule has 14 heavy (non-hydrogen) atoms. The Bertz CT molecular complexity index is 154. The van der Waals surface area contributed by atoms with E-state index in [1.807, 2.05) is 13.8 Å². The molecule has 0 bridgehead atoms. The van der Waals surface area contributed by atoms with Crippen LogP contribution in [0.25, 0.3) is 0 Å². The van der Waals surface area contributed by atoms with Crippen LogP contribution < -0.4 is 5.32 Å². The highest BCUT2D eigenvalue weighted by Crippen LogP contribution is 2.03. The summed E-state index contributed by atoms with van der Waals surface area (Å²) < 4.78 is 11.0. The number of aliphatic hydroxyl groups excluding tert-OH is 1. The zero-order valence-corrected chi connectivity index (χ0v) is 9.03. The second kappa shape index (κ2) is 6.35. The first-order valence-corrected chi connectivity index (χ1v) is 5.34. The summed E-state index contributed by atoms with van der Waals surface area (Å²) in [5, 5.41) is 12.5. The van der Waals surface area contributed by atoms with Crippen molar-refractivity contribution in [1.29, 1.82) is 0 Å². The van der Waals surface area contributed by atoms with Gasteiger partial charge in [0.2, 0.25) is 0 Å². The number of ether oxygens (including phenoxy) is 2. The minimum absolute atomic E-state index is 0.128. The maximum Gasteiger partial charge on any atom is 0.0936 e. The summed E-state index contributed by atoms with van der Waals surface area (Å²) in [5.41, 5.74) is 0. The second-order valence-electron chi connectivity index (χ2n) is 3.83. The molecule has 1 aliphatic heterocycles. The Hall–Kier alpha value is -0.160. The molecule has 0 aromatic heterocycles. The number of rotatable bonds is 5. The predicted octanol–water partition coefficient (Wildman–Crippen LogP) is 0.151. The van der Waals surface area contributed by atoms with Crippen molar-refractivity contribution in [3.63, 3.8) is 0 Å². The molecule has 3 unspecified atom stereocenters. The van der Waals surface area contributed by atoms with E-state index in [9.17, 15) is 5.11 Å². The van der Waals surface area contributed by atoms with Crippen molar-refractivity contribution in [1.82, 2.24) is 5.32 Å². The third kappa shape index (κ3) is 4.37. The summed E-state index contributed by atoms with van der Waals surface area (Å²) in [6.07, 6.45) is 0.778. The van der Waals surface area contributed by atoms with Crippen LogP contribution >= 0.6 is 0 Å². The van der Waals surface area contributed by atoms with Gasteiger partial charge in [-0.1, -0.05) is 6.92 Å². The van der Waals surface area contributed by atoms with E-state index in [1.54, 1.807) is 0 Å². The van der Waals surface area contributed by atoms with Gasteiger partial charge >= 0.3 is 0 Å². The standard InChI is InChI=1S/C10H21NO3/c1-3-9(12)6-13-7-10-5-11-4-8(2)14-10/h8-12H,3-7H2,1-2H3. The van der Waals surface area contributed by atoms with E-state index in [4.69, 9.17) is 9.47 Å². The van der Waals surface area contributed by atoms with Crippen LogP contribution in [0.2, 0.25) is 0 Å². The number of morpholine rings is 1. The first kappa shape index (κ1) is 11.9.